The molecule has 134 valence electrons. The Hall–Kier alpha value is -2.21. The molecule has 0 saturated carbocycles. The number of morpholine rings is 1. The van der Waals surface area contributed by atoms with E-state index in [0.29, 0.717) is 13.2 Å². The van der Waals surface area contributed by atoms with Crippen LogP contribution in [0.15, 0.2) is 33.5 Å². The van der Waals surface area contributed by atoms with Gasteiger partial charge in [-0.05, 0) is 38.8 Å². The van der Waals surface area contributed by atoms with E-state index in [2.05, 4.69) is 27.8 Å². The van der Waals surface area contributed by atoms with E-state index < -0.39 is 0 Å². The summed E-state index contributed by atoms with van der Waals surface area (Å²) < 4.78 is 11.4. The van der Waals surface area contributed by atoms with Crippen LogP contribution in [0.5, 0.6) is 0 Å². The number of aromatic amines is 1. The molecule has 0 aliphatic carbocycles. The monoisotopic (exact) mass is 343 g/mol. The van der Waals surface area contributed by atoms with Gasteiger partial charge in [0.1, 0.15) is 17.3 Å². The summed E-state index contributed by atoms with van der Waals surface area (Å²) in [5.74, 6) is 2.77. The number of nitrogens with one attached hydrogen (secondary N) is 1. The number of rotatable bonds is 3. The minimum Gasteiger partial charge on any atom is -0.464 e. The second-order valence-corrected chi connectivity index (χ2v) is 7.01. The van der Waals surface area contributed by atoms with Crippen molar-refractivity contribution in [1.82, 2.24) is 4.98 Å². The van der Waals surface area contributed by atoms with E-state index in [4.69, 9.17) is 9.15 Å². The third-order valence-corrected chi connectivity index (χ3v) is 5.17. The van der Waals surface area contributed by atoms with E-state index in [1.54, 1.807) is 6.07 Å². The Labute approximate surface area is 147 Å². The van der Waals surface area contributed by atoms with Gasteiger partial charge in [0, 0.05) is 37.0 Å². The van der Waals surface area contributed by atoms with E-state index >= 15 is 0 Å². The highest BCUT2D eigenvalue weighted by Crippen LogP contribution is 2.36. The number of ether oxygens (including phenoxy) is 1. The van der Waals surface area contributed by atoms with Crippen LogP contribution in [0.1, 0.15) is 37.3 Å². The largest absolute Gasteiger partial charge is 0.464 e. The molecular formula is C19H25N3O3. The van der Waals surface area contributed by atoms with Crippen molar-refractivity contribution in [2.75, 3.05) is 36.1 Å². The van der Waals surface area contributed by atoms with Gasteiger partial charge in [-0.3, -0.25) is 4.79 Å². The molecule has 0 amide bonds. The fourth-order valence-corrected chi connectivity index (χ4v) is 3.93. The van der Waals surface area contributed by atoms with Crippen molar-refractivity contribution in [3.8, 4) is 0 Å². The van der Waals surface area contributed by atoms with Crippen molar-refractivity contribution < 1.29 is 9.15 Å². The minimum atomic E-state index is -0.0625. The summed E-state index contributed by atoms with van der Waals surface area (Å²) in [7, 11) is 0. The number of anilines is 2. The molecule has 2 atom stereocenters. The van der Waals surface area contributed by atoms with Crippen molar-refractivity contribution in [2.24, 2.45) is 0 Å². The van der Waals surface area contributed by atoms with Gasteiger partial charge in [-0.2, -0.15) is 0 Å². The quantitative estimate of drug-likeness (QED) is 0.928. The van der Waals surface area contributed by atoms with Gasteiger partial charge in [-0.1, -0.05) is 0 Å². The Morgan fingerprint density at radius 1 is 1.20 bits per heavy atom. The summed E-state index contributed by atoms with van der Waals surface area (Å²) in [6, 6.07) is 8.28. The van der Waals surface area contributed by atoms with Gasteiger partial charge in [0.2, 0.25) is 0 Å². The van der Waals surface area contributed by atoms with Crippen LogP contribution in [-0.4, -0.2) is 37.3 Å². The number of nitrogens with zero attached hydrogens (tertiary/aromatic N) is 2. The van der Waals surface area contributed by atoms with Crippen molar-refractivity contribution in [3.05, 3.63) is 46.1 Å². The number of hydrogen-bond donors (Lipinski definition) is 1. The van der Waals surface area contributed by atoms with Crippen LogP contribution in [0.4, 0.5) is 11.5 Å². The van der Waals surface area contributed by atoms with Crippen molar-refractivity contribution >= 4 is 11.5 Å². The van der Waals surface area contributed by atoms with Crippen LogP contribution in [0.25, 0.3) is 0 Å². The van der Waals surface area contributed by atoms with E-state index in [1.807, 2.05) is 19.1 Å². The molecule has 2 aromatic rings. The van der Waals surface area contributed by atoms with Gasteiger partial charge < -0.3 is 23.9 Å². The maximum absolute atomic E-state index is 12.3. The third-order valence-electron chi connectivity index (χ3n) is 5.17. The number of aromatic nitrogens is 1. The summed E-state index contributed by atoms with van der Waals surface area (Å²) in [6.45, 7) is 7.22. The van der Waals surface area contributed by atoms with Crippen LogP contribution in [0.2, 0.25) is 0 Å². The second kappa shape index (κ2) is 6.59. The summed E-state index contributed by atoms with van der Waals surface area (Å²) in [4.78, 5) is 19.8. The lowest BCUT2D eigenvalue weighted by Crippen LogP contribution is -2.44. The molecule has 6 nitrogen and oxygen atoms in total. The molecule has 6 heteroatoms. The van der Waals surface area contributed by atoms with E-state index in [1.165, 1.54) is 0 Å². The maximum Gasteiger partial charge on any atom is 0.251 e. The molecule has 2 aromatic heterocycles. The average molecular weight is 343 g/mol. The molecule has 4 rings (SSSR count). The van der Waals surface area contributed by atoms with Crippen molar-refractivity contribution in [1.29, 1.82) is 0 Å². The van der Waals surface area contributed by atoms with Crippen molar-refractivity contribution in [2.45, 2.75) is 38.8 Å². The van der Waals surface area contributed by atoms with Gasteiger partial charge >= 0.3 is 0 Å². The smallest absolute Gasteiger partial charge is 0.251 e. The van der Waals surface area contributed by atoms with Crippen LogP contribution in [-0.2, 0) is 4.74 Å². The van der Waals surface area contributed by atoms with Crippen LogP contribution in [0.3, 0.4) is 0 Å². The lowest BCUT2D eigenvalue weighted by Gasteiger charge is -2.35. The lowest BCUT2D eigenvalue weighted by molar-refractivity contribution is 0.0989. The second-order valence-electron chi connectivity index (χ2n) is 7.01. The summed E-state index contributed by atoms with van der Waals surface area (Å²) in [6.07, 6.45) is 2.12. The summed E-state index contributed by atoms with van der Waals surface area (Å²) >= 11 is 0. The molecule has 0 bridgehead atoms. The molecular weight excluding hydrogens is 318 g/mol. The Morgan fingerprint density at radius 2 is 2.08 bits per heavy atom. The summed E-state index contributed by atoms with van der Waals surface area (Å²) in [5, 5.41) is 0. The maximum atomic E-state index is 12.3. The molecule has 25 heavy (non-hydrogen) atoms. The number of H-pyrrole nitrogens is 1. The molecule has 2 saturated heterocycles. The Balaban J connectivity index is 1.66. The van der Waals surface area contributed by atoms with Gasteiger partial charge in [-0.25, -0.2) is 0 Å². The third kappa shape index (κ3) is 3.18. The number of furan rings is 1. The fourth-order valence-electron chi connectivity index (χ4n) is 3.93. The molecule has 0 spiro atoms. The summed E-state index contributed by atoms with van der Waals surface area (Å²) in [5.41, 5.74) is 0.906. The Morgan fingerprint density at radius 3 is 2.84 bits per heavy atom. The molecule has 1 unspecified atom stereocenters. The Kier molecular flexibility index (Phi) is 4.29. The standard InChI is InChI=1S/C19H25N3O3/c1-13-12-24-9-8-21(13)15-10-18(20-19(23)11-15)22-7-3-4-16(22)17-6-5-14(2)25-17/h5-6,10-11,13,16H,3-4,7-9,12H2,1-2H3,(H,20,23)/t13-,16?/m1/s1. The molecule has 1 N–H and O–H groups in total. The van der Waals surface area contributed by atoms with Crippen LogP contribution >= 0.6 is 0 Å². The number of aryl methyl sites for hydroxylation is 1. The normalized spacial score (nSPS) is 24.1. The van der Waals surface area contributed by atoms with Gasteiger partial charge in [0.15, 0.2) is 0 Å². The first kappa shape index (κ1) is 16.3. The fraction of sp³-hybridized carbons (Fsp3) is 0.526. The number of pyridine rings is 1. The average Bonchev–Trinajstić information content (AvgIpc) is 3.23. The zero-order chi connectivity index (χ0) is 17.4. The predicted octanol–water partition coefficient (Wildman–Crippen LogP) is 2.84. The predicted molar refractivity (Wildman–Crippen MR) is 97.5 cm³/mol. The highest BCUT2D eigenvalue weighted by molar-refractivity contribution is 5.57. The Bertz CT molecular complexity index is 797. The molecule has 4 heterocycles. The zero-order valence-electron chi connectivity index (χ0n) is 14.8. The van der Waals surface area contributed by atoms with Crippen molar-refractivity contribution in [3.63, 3.8) is 0 Å². The van der Waals surface area contributed by atoms with Crippen LogP contribution in [0, 0.1) is 6.92 Å². The SMILES string of the molecule is Cc1ccc(C2CCCN2c2cc(N3CCOC[C@H]3C)cc(=O)[nH]2)o1. The molecule has 2 fully saturated rings. The highest BCUT2D eigenvalue weighted by atomic mass is 16.5. The molecule has 2 aliphatic rings. The highest BCUT2D eigenvalue weighted by Gasteiger charge is 2.30. The topological polar surface area (TPSA) is 61.7 Å². The van der Waals surface area contributed by atoms with E-state index in [9.17, 15) is 4.79 Å². The van der Waals surface area contributed by atoms with E-state index in [0.717, 1.165) is 49.0 Å². The molecule has 2 aliphatic heterocycles. The molecule has 0 radical (unpaired) electrons. The van der Waals surface area contributed by atoms with Gasteiger partial charge in [-0.15, -0.1) is 0 Å². The lowest BCUT2D eigenvalue weighted by atomic mass is 10.1. The molecule has 0 aromatic carbocycles. The first-order chi connectivity index (χ1) is 12.1. The first-order valence-electron chi connectivity index (χ1n) is 9.03. The van der Waals surface area contributed by atoms with Gasteiger partial charge in [0.05, 0.1) is 19.3 Å². The number of hydrogen-bond acceptors (Lipinski definition) is 5. The van der Waals surface area contributed by atoms with Crippen LogP contribution < -0.4 is 15.4 Å². The minimum absolute atomic E-state index is 0.0625. The first-order valence-corrected chi connectivity index (χ1v) is 9.03. The van der Waals surface area contributed by atoms with E-state index in [-0.39, 0.29) is 17.6 Å². The van der Waals surface area contributed by atoms with Gasteiger partial charge in [0.25, 0.3) is 5.56 Å². The zero-order valence-corrected chi connectivity index (χ0v) is 14.8.